The van der Waals surface area contributed by atoms with E-state index in [-0.39, 0.29) is 5.91 Å². The van der Waals surface area contributed by atoms with Gasteiger partial charge in [-0.25, -0.2) is 9.78 Å². The molecule has 7 nitrogen and oxygen atoms in total. The predicted molar refractivity (Wildman–Crippen MR) is 130 cm³/mol. The Kier molecular flexibility index (Phi) is 7.66. The maximum absolute atomic E-state index is 12.5. The largest absolute Gasteiger partial charge is 0.384 e. The average Bonchev–Trinajstić information content (AvgIpc) is 2.77. The van der Waals surface area contributed by atoms with Crippen LogP contribution in [0, 0.1) is 5.41 Å². The van der Waals surface area contributed by atoms with Gasteiger partial charge in [-0.15, -0.1) is 0 Å². The lowest BCUT2D eigenvalue weighted by atomic mass is 9.93. The Morgan fingerprint density at radius 3 is 2.64 bits per heavy atom. The number of nitrogens with zero attached hydrogens (tertiary/aromatic N) is 2. The number of ether oxygens (including phenoxy) is 1. The van der Waals surface area contributed by atoms with Crippen LogP contribution < -0.4 is 11.0 Å². The lowest BCUT2D eigenvalue weighted by Gasteiger charge is -2.22. The van der Waals surface area contributed by atoms with Gasteiger partial charge < -0.3 is 10.1 Å². The molecular weight excluding hydrogens is 440 g/mol. The van der Waals surface area contributed by atoms with E-state index < -0.39 is 11.1 Å². The lowest BCUT2D eigenvalue weighted by Crippen LogP contribution is -2.39. The number of benzene rings is 2. The second-order valence-corrected chi connectivity index (χ2v) is 9.33. The average molecular weight is 469 g/mol. The van der Waals surface area contributed by atoms with E-state index in [9.17, 15) is 9.59 Å². The summed E-state index contributed by atoms with van der Waals surface area (Å²) in [6, 6.07) is 13.2. The van der Waals surface area contributed by atoms with Gasteiger partial charge >= 0.3 is 5.69 Å². The molecule has 0 aliphatic rings. The van der Waals surface area contributed by atoms with Gasteiger partial charge in [0, 0.05) is 24.8 Å². The highest BCUT2D eigenvalue weighted by atomic mass is 35.5. The zero-order valence-corrected chi connectivity index (χ0v) is 20.3. The summed E-state index contributed by atoms with van der Waals surface area (Å²) < 4.78 is 5.13. The highest BCUT2D eigenvalue weighted by molar-refractivity contribution is 6.33. The maximum Gasteiger partial charge on any atom is 0.348 e. The summed E-state index contributed by atoms with van der Waals surface area (Å²) in [5.41, 5.74) is 2.10. The number of nitrogens with one attached hydrogen (secondary N) is 2. The molecule has 8 heteroatoms. The number of aromatic nitrogens is 3. The fraction of sp³-hybridized carbons (Fsp3) is 0.360. The first-order chi connectivity index (χ1) is 15.6. The highest BCUT2D eigenvalue weighted by Gasteiger charge is 2.27. The minimum atomic E-state index is -0.651. The van der Waals surface area contributed by atoms with Crippen LogP contribution in [0.2, 0.25) is 5.02 Å². The van der Waals surface area contributed by atoms with Gasteiger partial charge in [0.1, 0.15) is 5.82 Å². The van der Waals surface area contributed by atoms with Crippen molar-refractivity contribution in [3.05, 3.63) is 69.1 Å². The van der Waals surface area contributed by atoms with E-state index in [0.29, 0.717) is 41.3 Å². The Hall–Kier alpha value is -3.03. The zero-order chi connectivity index (χ0) is 24.2. The molecule has 1 aromatic heterocycles. The summed E-state index contributed by atoms with van der Waals surface area (Å²) in [5.74, 6) is 0.857. The van der Waals surface area contributed by atoms with E-state index in [1.807, 2.05) is 44.2 Å². The van der Waals surface area contributed by atoms with Crippen LogP contribution in [0.4, 0.5) is 0 Å². The summed E-state index contributed by atoms with van der Waals surface area (Å²) in [5, 5.41) is 3.35. The summed E-state index contributed by atoms with van der Waals surface area (Å²) in [6.07, 6.45) is 0. The van der Waals surface area contributed by atoms with Crippen LogP contribution in [0.25, 0.3) is 22.8 Å². The number of amides is 1. The number of methoxy groups -OCH3 is 1. The molecule has 1 amide bonds. The van der Waals surface area contributed by atoms with Crippen molar-refractivity contribution < 1.29 is 9.53 Å². The molecule has 0 saturated heterocycles. The number of halogens is 1. The van der Waals surface area contributed by atoms with Gasteiger partial charge in [-0.2, -0.15) is 4.98 Å². The van der Waals surface area contributed by atoms with Crippen molar-refractivity contribution in [2.24, 2.45) is 5.41 Å². The van der Waals surface area contributed by atoms with Crippen molar-refractivity contribution in [2.45, 2.75) is 40.2 Å². The van der Waals surface area contributed by atoms with E-state index in [1.54, 1.807) is 19.2 Å². The van der Waals surface area contributed by atoms with Crippen molar-refractivity contribution in [1.29, 1.82) is 0 Å². The third kappa shape index (κ3) is 6.06. The molecule has 0 spiro atoms. The number of hydrogen-bond acceptors (Lipinski definition) is 5. The minimum absolute atomic E-state index is 0.122. The molecule has 0 bridgehead atoms. The number of hydrogen-bond donors (Lipinski definition) is 2. The Labute approximate surface area is 198 Å². The fourth-order valence-corrected chi connectivity index (χ4v) is 3.60. The van der Waals surface area contributed by atoms with Crippen molar-refractivity contribution in [3.63, 3.8) is 0 Å². The maximum atomic E-state index is 12.5. The van der Waals surface area contributed by atoms with E-state index in [2.05, 4.69) is 34.1 Å². The summed E-state index contributed by atoms with van der Waals surface area (Å²) in [7, 11) is 1.57. The van der Waals surface area contributed by atoms with Crippen LogP contribution >= 0.6 is 11.6 Å². The predicted octanol–water partition coefficient (Wildman–Crippen LogP) is 4.56. The van der Waals surface area contributed by atoms with E-state index in [1.165, 1.54) is 0 Å². The van der Waals surface area contributed by atoms with Crippen molar-refractivity contribution in [1.82, 2.24) is 20.3 Å². The number of carbonyl (C=O) groups excluding carboxylic acids is 1. The van der Waals surface area contributed by atoms with E-state index in [0.717, 1.165) is 16.7 Å². The van der Waals surface area contributed by atoms with Crippen molar-refractivity contribution >= 4 is 17.5 Å². The van der Waals surface area contributed by atoms with Crippen LogP contribution in [-0.4, -0.2) is 34.6 Å². The quantitative estimate of drug-likeness (QED) is 0.505. The SMILES string of the molecule is COCC(C)(C)C(=O)NCc1ccc(Cl)c(-c2nc(-c3cccc(C(C)C)c3)nc(=O)[nH]2)c1. The van der Waals surface area contributed by atoms with Gasteiger partial charge in [-0.3, -0.25) is 9.78 Å². The number of rotatable bonds is 8. The lowest BCUT2D eigenvalue weighted by molar-refractivity contribution is -0.132. The van der Waals surface area contributed by atoms with Crippen LogP contribution in [0.5, 0.6) is 0 Å². The number of H-pyrrole nitrogens is 1. The fourth-order valence-electron chi connectivity index (χ4n) is 3.39. The molecule has 0 unspecified atom stereocenters. The van der Waals surface area contributed by atoms with Gasteiger partial charge in [-0.05, 0) is 49.1 Å². The van der Waals surface area contributed by atoms with Crippen molar-refractivity contribution in [2.75, 3.05) is 13.7 Å². The Balaban J connectivity index is 1.92. The molecule has 2 N–H and O–H groups in total. The molecule has 0 radical (unpaired) electrons. The van der Waals surface area contributed by atoms with Gasteiger partial charge in [0.05, 0.1) is 17.0 Å². The molecule has 0 aliphatic carbocycles. The highest BCUT2D eigenvalue weighted by Crippen LogP contribution is 2.28. The van der Waals surface area contributed by atoms with Gasteiger partial charge in [-0.1, -0.05) is 49.7 Å². The molecule has 33 heavy (non-hydrogen) atoms. The molecule has 0 atom stereocenters. The molecule has 3 rings (SSSR count). The van der Waals surface area contributed by atoms with E-state index in [4.69, 9.17) is 16.3 Å². The van der Waals surface area contributed by atoms with Crippen LogP contribution in [-0.2, 0) is 16.1 Å². The Morgan fingerprint density at radius 1 is 1.18 bits per heavy atom. The summed E-state index contributed by atoms with van der Waals surface area (Å²) in [4.78, 5) is 36.1. The van der Waals surface area contributed by atoms with E-state index >= 15 is 0 Å². The molecule has 2 aromatic carbocycles. The van der Waals surface area contributed by atoms with Gasteiger partial charge in [0.15, 0.2) is 5.82 Å². The minimum Gasteiger partial charge on any atom is -0.384 e. The standard InChI is InChI=1S/C25H29ClN4O3/c1-15(2)17-7-6-8-18(12-17)21-28-22(30-24(32)29-21)19-11-16(9-10-20(19)26)13-27-23(31)25(3,4)14-33-5/h6-12,15H,13-14H2,1-5H3,(H,27,31)(H,28,29,30,32). The monoisotopic (exact) mass is 468 g/mol. The summed E-state index contributed by atoms with van der Waals surface area (Å²) >= 11 is 6.44. The topological polar surface area (TPSA) is 97.0 Å². The van der Waals surface area contributed by atoms with Crippen molar-refractivity contribution in [3.8, 4) is 22.8 Å². The van der Waals surface area contributed by atoms with Crippen LogP contribution in [0.3, 0.4) is 0 Å². The smallest absolute Gasteiger partial charge is 0.348 e. The Morgan fingerprint density at radius 2 is 1.94 bits per heavy atom. The van der Waals surface area contributed by atoms with Crippen LogP contribution in [0.15, 0.2) is 47.3 Å². The first kappa shape index (κ1) is 24.6. The Bertz CT molecular complexity index is 1200. The normalized spacial score (nSPS) is 11.6. The second-order valence-electron chi connectivity index (χ2n) is 8.92. The molecule has 0 saturated carbocycles. The first-order valence-electron chi connectivity index (χ1n) is 10.8. The third-order valence-electron chi connectivity index (χ3n) is 5.32. The first-order valence-corrected chi connectivity index (χ1v) is 11.1. The molecule has 3 aromatic rings. The molecule has 0 aliphatic heterocycles. The molecule has 0 fully saturated rings. The third-order valence-corrected chi connectivity index (χ3v) is 5.65. The van der Waals surface area contributed by atoms with Gasteiger partial charge in [0.2, 0.25) is 5.91 Å². The molecule has 1 heterocycles. The second kappa shape index (κ2) is 10.3. The number of aromatic amines is 1. The van der Waals surface area contributed by atoms with Gasteiger partial charge in [0.25, 0.3) is 0 Å². The zero-order valence-electron chi connectivity index (χ0n) is 19.5. The summed E-state index contributed by atoms with van der Waals surface area (Å²) in [6.45, 7) is 8.46. The number of carbonyl (C=O) groups is 1. The molecule has 174 valence electrons. The molecular formula is C25H29ClN4O3. The van der Waals surface area contributed by atoms with Crippen LogP contribution in [0.1, 0.15) is 44.7 Å².